The molecule has 232 valence electrons. The van der Waals surface area contributed by atoms with Crippen molar-refractivity contribution in [2.45, 2.75) is 51.7 Å². The zero-order valence-electron chi connectivity index (χ0n) is 24.2. The van der Waals surface area contributed by atoms with E-state index in [-0.39, 0.29) is 36.5 Å². The van der Waals surface area contributed by atoms with E-state index in [1.54, 1.807) is 12.1 Å². The van der Waals surface area contributed by atoms with Crippen molar-refractivity contribution in [3.63, 3.8) is 0 Å². The average Bonchev–Trinajstić information content (AvgIpc) is 2.97. The Kier molecular flexibility index (Phi) is 12.4. The fraction of sp³-hybridized carbons (Fsp3) is 0.400. The highest BCUT2D eigenvalue weighted by Gasteiger charge is 2.23. The summed E-state index contributed by atoms with van der Waals surface area (Å²) in [4.78, 5) is 43.1. The number of nitrogens with zero attached hydrogens (tertiary/aromatic N) is 2. The molecule has 4 N–H and O–H groups in total. The number of aromatic nitrogens is 1. The Bertz CT molecular complexity index is 1430. The zero-order valence-corrected chi connectivity index (χ0v) is 25.0. The molecule has 13 heteroatoms. The summed E-state index contributed by atoms with van der Waals surface area (Å²) in [6.45, 7) is 3.61. The van der Waals surface area contributed by atoms with Crippen LogP contribution in [0.4, 0.5) is 24.2 Å². The number of amides is 3. The number of unbranched alkanes of at least 4 members (excludes halogenated alkanes) is 1. The molecular weight excluding hydrogens is 584 g/mol. The molecule has 0 aliphatic heterocycles. The van der Waals surface area contributed by atoms with Crippen molar-refractivity contribution in [3.05, 3.63) is 70.9 Å². The number of hydrogen-bond donors (Lipinski definition) is 3. The van der Waals surface area contributed by atoms with Crippen LogP contribution in [0.2, 0.25) is 5.02 Å². The maximum atomic E-state index is 13.8. The zero-order chi connectivity index (χ0) is 31.5. The highest BCUT2D eigenvalue weighted by Crippen LogP contribution is 2.20. The van der Waals surface area contributed by atoms with Crippen molar-refractivity contribution in [2.24, 2.45) is 11.7 Å². The third-order valence-corrected chi connectivity index (χ3v) is 7.24. The van der Waals surface area contributed by atoms with Crippen molar-refractivity contribution in [1.82, 2.24) is 15.2 Å². The number of hydrogen-bond acceptors (Lipinski definition) is 7. The SMILES string of the molecule is CC(C)[C@@H](N)C(=O)OCCCCC(COC(=O)Nc1cc2cc(F)ccc2cn1)N(C)C(=O)NCc1cccc(F)c1Cl. The van der Waals surface area contributed by atoms with Gasteiger partial charge in [0, 0.05) is 25.2 Å². The lowest BCUT2D eigenvalue weighted by atomic mass is 10.1. The van der Waals surface area contributed by atoms with Gasteiger partial charge in [0.2, 0.25) is 0 Å². The molecule has 1 heterocycles. The summed E-state index contributed by atoms with van der Waals surface area (Å²) in [5.41, 5.74) is 6.21. The lowest BCUT2D eigenvalue weighted by Gasteiger charge is -2.28. The van der Waals surface area contributed by atoms with Crippen LogP contribution < -0.4 is 16.4 Å². The first-order valence-corrected chi connectivity index (χ1v) is 14.2. The monoisotopic (exact) mass is 619 g/mol. The largest absolute Gasteiger partial charge is 0.465 e. The number of carbonyl (C=O) groups excluding carboxylic acids is 3. The van der Waals surface area contributed by atoms with Crippen molar-refractivity contribution in [2.75, 3.05) is 25.6 Å². The Labute approximate surface area is 253 Å². The van der Waals surface area contributed by atoms with Crippen LogP contribution in [0.5, 0.6) is 0 Å². The van der Waals surface area contributed by atoms with Gasteiger partial charge < -0.3 is 25.4 Å². The lowest BCUT2D eigenvalue weighted by molar-refractivity contribution is -0.146. The predicted molar refractivity (Wildman–Crippen MR) is 159 cm³/mol. The van der Waals surface area contributed by atoms with Crippen LogP contribution in [-0.2, 0) is 20.8 Å². The number of anilines is 1. The maximum absolute atomic E-state index is 13.8. The second kappa shape index (κ2) is 16.0. The Balaban J connectivity index is 1.59. The third-order valence-electron chi connectivity index (χ3n) is 6.82. The van der Waals surface area contributed by atoms with E-state index in [1.807, 2.05) is 13.8 Å². The average molecular weight is 620 g/mol. The Morgan fingerprint density at radius 2 is 1.84 bits per heavy atom. The minimum atomic E-state index is -0.815. The molecule has 0 aliphatic rings. The smallest absolute Gasteiger partial charge is 0.412 e. The number of carbonyl (C=O) groups is 3. The molecular formula is C30H36ClF2N5O5. The predicted octanol–water partition coefficient (Wildman–Crippen LogP) is 5.62. The van der Waals surface area contributed by atoms with E-state index in [1.165, 1.54) is 48.5 Å². The number of nitrogens with one attached hydrogen (secondary N) is 2. The number of likely N-dealkylation sites (N-methyl/N-ethyl adjacent to an activating group) is 1. The second-order valence-electron chi connectivity index (χ2n) is 10.4. The molecule has 3 aromatic rings. The van der Waals surface area contributed by atoms with Crippen molar-refractivity contribution in [1.29, 1.82) is 0 Å². The molecule has 2 aromatic carbocycles. The molecule has 0 saturated carbocycles. The Hall–Kier alpha value is -4.03. The van der Waals surface area contributed by atoms with Gasteiger partial charge in [0.15, 0.2) is 0 Å². The van der Waals surface area contributed by atoms with E-state index in [0.717, 1.165) is 0 Å². The number of urea groups is 1. The molecule has 1 aromatic heterocycles. The summed E-state index contributed by atoms with van der Waals surface area (Å²) in [5, 5.41) is 6.37. The number of fused-ring (bicyclic) bond motifs is 1. The van der Waals surface area contributed by atoms with Crippen LogP contribution in [0.15, 0.2) is 48.7 Å². The minimum absolute atomic E-state index is 0.0197. The number of benzene rings is 2. The summed E-state index contributed by atoms with van der Waals surface area (Å²) in [7, 11) is 1.54. The van der Waals surface area contributed by atoms with Crippen LogP contribution in [0, 0.1) is 17.6 Å². The fourth-order valence-electron chi connectivity index (χ4n) is 4.05. The van der Waals surface area contributed by atoms with E-state index in [0.29, 0.717) is 35.6 Å². The Morgan fingerprint density at radius 1 is 1.07 bits per heavy atom. The van der Waals surface area contributed by atoms with Crippen LogP contribution in [0.3, 0.4) is 0 Å². The highest BCUT2D eigenvalue weighted by atomic mass is 35.5. The first-order valence-electron chi connectivity index (χ1n) is 13.8. The van der Waals surface area contributed by atoms with E-state index < -0.39 is 41.8 Å². The van der Waals surface area contributed by atoms with Crippen LogP contribution in [0.25, 0.3) is 10.8 Å². The first kappa shape index (κ1) is 33.5. The van der Waals surface area contributed by atoms with Gasteiger partial charge >= 0.3 is 18.1 Å². The number of esters is 1. The maximum Gasteiger partial charge on any atom is 0.412 e. The number of ether oxygens (including phenoxy) is 2. The highest BCUT2D eigenvalue weighted by molar-refractivity contribution is 6.31. The van der Waals surface area contributed by atoms with Gasteiger partial charge in [0.05, 0.1) is 17.7 Å². The van der Waals surface area contributed by atoms with E-state index in [4.69, 9.17) is 26.8 Å². The summed E-state index contributed by atoms with van der Waals surface area (Å²) in [5.74, 6) is -1.39. The van der Waals surface area contributed by atoms with Gasteiger partial charge in [-0.3, -0.25) is 10.1 Å². The fourth-order valence-corrected chi connectivity index (χ4v) is 4.24. The van der Waals surface area contributed by atoms with Gasteiger partial charge in [0.25, 0.3) is 0 Å². The minimum Gasteiger partial charge on any atom is -0.465 e. The molecule has 10 nitrogen and oxygen atoms in total. The number of halogens is 3. The molecule has 2 atom stereocenters. The van der Waals surface area contributed by atoms with Gasteiger partial charge in [-0.25, -0.2) is 23.4 Å². The molecule has 0 radical (unpaired) electrons. The molecule has 0 bridgehead atoms. The standard InChI is InChI=1S/C30H36ClF2N5O5/c1-18(2)27(34)28(39)42-12-5-4-8-23(38(3)29(40)36-16-20-7-6-9-24(33)26(20)31)17-43-30(41)37-25-14-21-13-22(32)11-10-19(21)15-35-25/h6-7,9-11,13-15,18,23,27H,4-5,8,12,16-17,34H2,1-3H3,(H,36,40)(H,35,37,41)/t23?,27-/m1/s1. The molecule has 3 rings (SSSR count). The molecule has 1 unspecified atom stereocenters. The molecule has 0 spiro atoms. The van der Waals surface area contributed by atoms with E-state index in [9.17, 15) is 23.2 Å². The topological polar surface area (TPSA) is 136 Å². The van der Waals surface area contributed by atoms with Crippen molar-refractivity contribution >= 4 is 46.3 Å². The summed E-state index contributed by atoms with van der Waals surface area (Å²) in [6, 6.07) is 8.25. The van der Waals surface area contributed by atoms with Crippen molar-refractivity contribution in [3.8, 4) is 0 Å². The van der Waals surface area contributed by atoms with E-state index >= 15 is 0 Å². The normalized spacial score (nSPS) is 12.5. The van der Waals surface area contributed by atoms with Crippen molar-refractivity contribution < 1.29 is 32.6 Å². The van der Waals surface area contributed by atoms with Gasteiger partial charge in [0.1, 0.15) is 30.1 Å². The second-order valence-corrected chi connectivity index (χ2v) is 10.7. The molecule has 0 fully saturated rings. The Morgan fingerprint density at radius 3 is 2.58 bits per heavy atom. The first-order chi connectivity index (χ1) is 20.5. The molecule has 0 aliphatic carbocycles. The van der Waals surface area contributed by atoms with E-state index in [2.05, 4.69) is 15.6 Å². The number of nitrogens with two attached hydrogens (primary N) is 1. The van der Waals surface area contributed by atoms with Gasteiger partial charge in [-0.15, -0.1) is 0 Å². The van der Waals surface area contributed by atoms with Gasteiger partial charge in [-0.05, 0) is 66.5 Å². The molecule has 43 heavy (non-hydrogen) atoms. The van der Waals surface area contributed by atoms with Crippen LogP contribution in [0.1, 0.15) is 38.7 Å². The van der Waals surface area contributed by atoms with Gasteiger partial charge in [-0.2, -0.15) is 0 Å². The third kappa shape index (κ3) is 10.0. The quantitative estimate of drug-likeness (QED) is 0.167. The summed E-state index contributed by atoms with van der Waals surface area (Å²) < 4.78 is 38.0. The molecule has 0 saturated heterocycles. The van der Waals surface area contributed by atoms with Crippen LogP contribution >= 0.6 is 11.6 Å². The molecule has 3 amide bonds. The lowest BCUT2D eigenvalue weighted by Crippen LogP contribution is -2.46. The number of rotatable bonds is 13. The summed E-state index contributed by atoms with van der Waals surface area (Å²) in [6.07, 6.45) is 2.11. The number of pyridine rings is 1. The summed E-state index contributed by atoms with van der Waals surface area (Å²) >= 11 is 6.00. The van der Waals surface area contributed by atoms with Gasteiger partial charge in [-0.1, -0.05) is 37.6 Å². The van der Waals surface area contributed by atoms with Crippen LogP contribution in [-0.4, -0.2) is 60.3 Å².